The standard InChI is InChI=1S/C21H26O6/c1-6-23-18(22)17-12-11-16(25-17)13-24-15-9-7-14(8-10-15)19-26-20(2,3)21(4,5)27-19/h7-12,19H,6,13H2,1-5H3. The molecule has 27 heavy (non-hydrogen) atoms. The van der Waals surface area contributed by atoms with Crippen molar-refractivity contribution in [2.24, 2.45) is 0 Å². The van der Waals surface area contributed by atoms with E-state index in [1.54, 1.807) is 19.1 Å². The Morgan fingerprint density at radius 2 is 1.63 bits per heavy atom. The summed E-state index contributed by atoms with van der Waals surface area (Å²) in [6, 6.07) is 10.8. The predicted molar refractivity (Wildman–Crippen MR) is 98.5 cm³/mol. The molecule has 0 radical (unpaired) electrons. The number of benzene rings is 1. The number of esters is 1. The summed E-state index contributed by atoms with van der Waals surface area (Å²) in [7, 11) is 0. The van der Waals surface area contributed by atoms with Gasteiger partial charge in [0.25, 0.3) is 0 Å². The molecule has 2 aromatic rings. The second-order valence-electron chi connectivity index (χ2n) is 7.43. The first-order chi connectivity index (χ1) is 12.7. The van der Waals surface area contributed by atoms with Crippen LogP contribution in [0.4, 0.5) is 0 Å². The number of hydrogen-bond donors (Lipinski definition) is 0. The number of carbonyl (C=O) groups is 1. The van der Waals surface area contributed by atoms with Crippen molar-refractivity contribution in [1.82, 2.24) is 0 Å². The highest BCUT2D eigenvalue weighted by Gasteiger charge is 2.49. The third kappa shape index (κ3) is 4.17. The molecule has 0 aliphatic carbocycles. The van der Waals surface area contributed by atoms with Crippen LogP contribution in [0.3, 0.4) is 0 Å². The lowest BCUT2D eigenvalue weighted by molar-refractivity contribution is -0.0895. The minimum Gasteiger partial charge on any atom is -0.486 e. The van der Waals surface area contributed by atoms with Gasteiger partial charge in [-0.3, -0.25) is 0 Å². The summed E-state index contributed by atoms with van der Waals surface area (Å²) in [5.41, 5.74) is 0.189. The molecule has 6 nitrogen and oxygen atoms in total. The van der Waals surface area contributed by atoms with Crippen molar-refractivity contribution in [3.8, 4) is 5.75 Å². The maximum atomic E-state index is 11.6. The first-order valence-corrected chi connectivity index (χ1v) is 9.06. The highest BCUT2D eigenvalue weighted by molar-refractivity contribution is 5.86. The van der Waals surface area contributed by atoms with E-state index >= 15 is 0 Å². The zero-order valence-corrected chi connectivity index (χ0v) is 16.4. The molecular formula is C21H26O6. The van der Waals surface area contributed by atoms with Gasteiger partial charge >= 0.3 is 5.97 Å². The first-order valence-electron chi connectivity index (χ1n) is 9.06. The van der Waals surface area contributed by atoms with E-state index in [4.69, 9.17) is 23.4 Å². The molecule has 2 heterocycles. The fourth-order valence-corrected chi connectivity index (χ4v) is 2.62. The Bertz CT molecular complexity index is 771. The molecule has 6 heteroatoms. The maximum Gasteiger partial charge on any atom is 0.374 e. The fraction of sp³-hybridized carbons (Fsp3) is 0.476. The molecule has 146 valence electrons. The molecule has 1 fully saturated rings. The highest BCUT2D eigenvalue weighted by Crippen LogP contribution is 2.44. The molecule has 0 unspecified atom stereocenters. The van der Waals surface area contributed by atoms with Gasteiger partial charge in [0, 0.05) is 5.56 Å². The van der Waals surface area contributed by atoms with Gasteiger partial charge in [0.15, 0.2) is 6.29 Å². The lowest BCUT2D eigenvalue weighted by Crippen LogP contribution is -2.41. The van der Waals surface area contributed by atoms with E-state index in [1.807, 2.05) is 52.0 Å². The molecular weight excluding hydrogens is 348 g/mol. The topological polar surface area (TPSA) is 67.1 Å². The zero-order valence-electron chi connectivity index (χ0n) is 16.4. The van der Waals surface area contributed by atoms with E-state index in [1.165, 1.54) is 0 Å². The summed E-state index contributed by atoms with van der Waals surface area (Å²) in [4.78, 5) is 11.6. The van der Waals surface area contributed by atoms with Gasteiger partial charge in [0.2, 0.25) is 5.76 Å². The van der Waals surface area contributed by atoms with E-state index in [0.29, 0.717) is 18.1 Å². The minimum absolute atomic E-state index is 0.173. The Kier molecular flexibility index (Phi) is 5.31. The van der Waals surface area contributed by atoms with Gasteiger partial charge in [-0.05, 0) is 58.9 Å². The number of furan rings is 1. The van der Waals surface area contributed by atoms with E-state index in [9.17, 15) is 4.79 Å². The third-order valence-corrected chi connectivity index (χ3v) is 4.92. The molecule has 1 saturated heterocycles. The van der Waals surface area contributed by atoms with Crippen LogP contribution >= 0.6 is 0 Å². The van der Waals surface area contributed by atoms with Crippen LogP contribution in [0.25, 0.3) is 0 Å². The molecule has 0 saturated carbocycles. The maximum absolute atomic E-state index is 11.6. The van der Waals surface area contributed by atoms with Crippen molar-refractivity contribution in [2.45, 2.75) is 58.7 Å². The quantitative estimate of drug-likeness (QED) is 0.686. The Hall–Kier alpha value is -2.31. The number of rotatable bonds is 6. The summed E-state index contributed by atoms with van der Waals surface area (Å²) >= 11 is 0. The van der Waals surface area contributed by atoms with Gasteiger partial charge in [-0.15, -0.1) is 0 Å². The van der Waals surface area contributed by atoms with E-state index in [2.05, 4.69) is 0 Å². The summed E-state index contributed by atoms with van der Waals surface area (Å²) in [6.45, 7) is 10.4. The summed E-state index contributed by atoms with van der Waals surface area (Å²) in [6.07, 6.45) is -0.402. The predicted octanol–water partition coefficient (Wildman–Crippen LogP) is 4.64. The molecule has 0 bridgehead atoms. The van der Waals surface area contributed by atoms with Crippen LogP contribution in [0, 0.1) is 0 Å². The monoisotopic (exact) mass is 374 g/mol. The molecule has 3 rings (SSSR count). The summed E-state index contributed by atoms with van der Waals surface area (Å²) in [5.74, 6) is 0.930. The smallest absolute Gasteiger partial charge is 0.374 e. The van der Waals surface area contributed by atoms with Crippen molar-refractivity contribution < 1.29 is 28.2 Å². The van der Waals surface area contributed by atoms with Crippen LogP contribution in [0.15, 0.2) is 40.8 Å². The van der Waals surface area contributed by atoms with Crippen molar-refractivity contribution >= 4 is 5.97 Å². The van der Waals surface area contributed by atoms with Crippen LogP contribution in [-0.4, -0.2) is 23.8 Å². The molecule has 1 aromatic heterocycles. The Morgan fingerprint density at radius 3 is 2.22 bits per heavy atom. The first kappa shape index (κ1) is 19.5. The molecule has 0 N–H and O–H groups in total. The van der Waals surface area contributed by atoms with E-state index < -0.39 is 12.3 Å². The molecule has 0 spiro atoms. The molecule has 1 aliphatic heterocycles. The second kappa shape index (κ2) is 7.37. The van der Waals surface area contributed by atoms with Gasteiger partial charge in [-0.2, -0.15) is 0 Å². The normalized spacial score (nSPS) is 18.4. The molecule has 0 atom stereocenters. The van der Waals surface area contributed by atoms with Gasteiger partial charge in [0.05, 0.1) is 17.8 Å². The largest absolute Gasteiger partial charge is 0.486 e. The fourth-order valence-electron chi connectivity index (χ4n) is 2.62. The third-order valence-electron chi connectivity index (χ3n) is 4.92. The Balaban J connectivity index is 1.58. The van der Waals surface area contributed by atoms with Crippen LogP contribution in [0.2, 0.25) is 0 Å². The van der Waals surface area contributed by atoms with Crippen molar-refractivity contribution in [2.75, 3.05) is 6.61 Å². The lowest BCUT2D eigenvalue weighted by Gasteiger charge is -2.30. The van der Waals surface area contributed by atoms with Crippen LogP contribution in [-0.2, 0) is 20.8 Å². The molecule has 1 aromatic carbocycles. The average molecular weight is 374 g/mol. The van der Waals surface area contributed by atoms with Crippen molar-refractivity contribution in [3.63, 3.8) is 0 Å². The molecule has 0 amide bonds. The Morgan fingerprint density at radius 1 is 1.00 bits per heavy atom. The van der Waals surface area contributed by atoms with E-state index in [0.717, 1.165) is 5.56 Å². The van der Waals surface area contributed by atoms with Crippen molar-refractivity contribution in [3.05, 3.63) is 53.5 Å². The number of ether oxygens (including phenoxy) is 4. The summed E-state index contributed by atoms with van der Waals surface area (Å²) < 4.78 is 28.1. The van der Waals surface area contributed by atoms with E-state index in [-0.39, 0.29) is 23.6 Å². The number of hydrogen-bond acceptors (Lipinski definition) is 6. The summed E-state index contributed by atoms with van der Waals surface area (Å²) in [5, 5.41) is 0. The SMILES string of the molecule is CCOC(=O)c1ccc(COc2ccc(C3OC(C)(C)C(C)(C)O3)cc2)o1. The zero-order chi connectivity index (χ0) is 19.7. The highest BCUT2D eigenvalue weighted by atomic mass is 16.7. The second-order valence-corrected chi connectivity index (χ2v) is 7.43. The average Bonchev–Trinajstić information content (AvgIpc) is 3.16. The van der Waals surface area contributed by atoms with Gasteiger partial charge in [0.1, 0.15) is 18.1 Å². The van der Waals surface area contributed by atoms with Crippen LogP contribution in [0.1, 0.15) is 62.8 Å². The van der Waals surface area contributed by atoms with Gasteiger partial charge in [-0.1, -0.05) is 12.1 Å². The van der Waals surface area contributed by atoms with Gasteiger partial charge in [-0.25, -0.2) is 4.79 Å². The minimum atomic E-state index is -0.476. The van der Waals surface area contributed by atoms with Crippen LogP contribution < -0.4 is 4.74 Å². The van der Waals surface area contributed by atoms with Crippen LogP contribution in [0.5, 0.6) is 5.75 Å². The van der Waals surface area contributed by atoms with Crippen molar-refractivity contribution in [1.29, 1.82) is 0 Å². The van der Waals surface area contributed by atoms with Gasteiger partial charge < -0.3 is 23.4 Å². The lowest BCUT2D eigenvalue weighted by atomic mass is 9.90. The Labute approximate surface area is 159 Å². The molecule has 1 aliphatic rings. The number of carbonyl (C=O) groups excluding carboxylic acids is 1.